The summed E-state index contributed by atoms with van der Waals surface area (Å²) in [6, 6.07) is 6.89. The fraction of sp³-hybridized carbons (Fsp3) is 0.412. The molecule has 2 amide bonds. The highest BCUT2D eigenvalue weighted by molar-refractivity contribution is 5.94. The van der Waals surface area contributed by atoms with E-state index in [9.17, 15) is 14.0 Å². The fourth-order valence-corrected chi connectivity index (χ4v) is 2.41. The van der Waals surface area contributed by atoms with Crippen LogP contribution in [-0.4, -0.2) is 46.6 Å². The van der Waals surface area contributed by atoms with E-state index < -0.39 is 12.6 Å². The third kappa shape index (κ3) is 4.40. The highest BCUT2D eigenvalue weighted by Crippen LogP contribution is 2.16. The van der Waals surface area contributed by atoms with Crippen molar-refractivity contribution in [1.29, 1.82) is 0 Å². The molecular formula is C17H22FN5O2. The number of carbonyl (C=O) groups is 2. The number of nitrogens with one attached hydrogen (secondary N) is 2. The van der Waals surface area contributed by atoms with Crippen molar-refractivity contribution in [3.05, 3.63) is 41.2 Å². The van der Waals surface area contributed by atoms with Crippen LogP contribution in [0.2, 0.25) is 0 Å². The molecule has 0 bridgehead atoms. The number of carbonyl (C=O) groups excluding carboxylic acids is 2. The van der Waals surface area contributed by atoms with E-state index in [-0.39, 0.29) is 18.1 Å². The van der Waals surface area contributed by atoms with Gasteiger partial charge in [-0.15, -0.1) is 5.10 Å². The molecule has 1 heterocycles. The summed E-state index contributed by atoms with van der Waals surface area (Å²) in [5.41, 5.74) is 2.10. The lowest BCUT2D eigenvalue weighted by molar-refractivity contribution is 0.0940. The second-order valence-electron chi connectivity index (χ2n) is 5.40. The Balaban J connectivity index is 2.30. The molecule has 8 heteroatoms. The second kappa shape index (κ2) is 8.91. The van der Waals surface area contributed by atoms with Gasteiger partial charge in [-0.1, -0.05) is 18.6 Å². The maximum atomic E-state index is 12.3. The molecule has 2 rings (SSSR count). The van der Waals surface area contributed by atoms with Crippen LogP contribution in [-0.2, 0) is 6.42 Å². The first kappa shape index (κ1) is 18.6. The maximum absolute atomic E-state index is 12.3. The number of halogens is 1. The number of alkyl halides is 1. The summed E-state index contributed by atoms with van der Waals surface area (Å²) in [5.74, 6) is -0.584. The zero-order valence-corrected chi connectivity index (χ0v) is 14.4. The summed E-state index contributed by atoms with van der Waals surface area (Å²) in [4.78, 5) is 23.9. The first-order chi connectivity index (χ1) is 12.1. The van der Waals surface area contributed by atoms with Gasteiger partial charge >= 0.3 is 0 Å². The standard InChI is InChI=1S/C17H22FN5O2/c1-3-5-14-15(17(25)20-11-10-18)21-22-23(14)13-8-6-12(7-9-13)16(24)19-4-2/h6-9H,3-5,10-11H2,1-2H3,(H,19,24)(H,20,25). The normalized spacial score (nSPS) is 10.5. The van der Waals surface area contributed by atoms with Crippen LogP contribution in [0.4, 0.5) is 4.39 Å². The first-order valence-electron chi connectivity index (χ1n) is 8.29. The lowest BCUT2D eigenvalue weighted by atomic mass is 10.1. The quantitative estimate of drug-likeness (QED) is 0.760. The molecule has 0 aliphatic heterocycles. The van der Waals surface area contributed by atoms with Crippen LogP contribution in [0.15, 0.2) is 24.3 Å². The Kier molecular flexibility index (Phi) is 6.62. The zero-order valence-electron chi connectivity index (χ0n) is 14.4. The number of hydrogen-bond donors (Lipinski definition) is 2. The van der Waals surface area contributed by atoms with Gasteiger partial charge in [0.1, 0.15) is 6.67 Å². The molecule has 2 N–H and O–H groups in total. The predicted octanol–water partition coefficient (Wildman–Crippen LogP) is 1.67. The molecule has 0 radical (unpaired) electrons. The average molecular weight is 347 g/mol. The number of hydrogen-bond acceptors (Lipinski definition) is 4. The SMILES string of the molecule is CCCc1c(C(=O)NCCF)nnn1-c1ccc(C(=O)NCC)cc1. The topological polar surface area (TPSA) is 88.9 Å². The van der Waals surface area contributed by atoms with E-state index in [0.29, 0.717) is 29.9 Å². The van der Waals surface area contributed by atoms with Crippen LogP contribution in [0, 0.1) is 0 Å². The van der Waals surface area contributed by atoms with Crippen molar-refractivity contribution in [2.75, 3.05) is 19.8 Å². The summed E-state index contributed by atoms with van der Waals surface area (Å²) in [5, 5.41) is 13.2. The van der Waals surface area contributed by atoms with E-state index in [2.05, 4.69) is 20.9 Å². The lowest BCUT2D eigenvalue weighted by Gasteiger charge is -2.08. The van der Waals surface area contributed by atoms with Crippen molar-refractivity contribution in [2.24, 2.45) is 0 Å². The number of amides is 2. The summed E-state index contributed by atoms with van der Waals surface area (Å²) in [6.07, 6.45) is 1.40. The minimum atomic E-state index is -0.635. The largest absolute Gasteiger partial charge is 0.352 e. The minimum Gasteiger partial charge on any atom is -0.352 e. The summed E-state index contributed by atoms with van der Waals surface area (Å²) in [6.45, 7) is 3.71. The molecule has 0 aliphatic rings. The van der Waals surface area contributed by atoms with Crippen LogP contribution >= 0.6 is 0 Å². The third-order valence-electron chi connectivity index (χ3n) is 3.56. The van der Waals surface area contributed by atoms with Gasteiger partial charge in [-0.25, -0.2) is 9.07 Å². The van der Waals surface area contributed by atoms with Crippen molar-refractivity contribution in [3.8, 4) is 5.69 Å². The molecule has 1 aromatic heterocycles. The Hall–Kier alpha value is -2.77. The maximum Gasteiger partial charge on any atom is 0.273 e. The number of benzene rings is 1. The summed E-state index contributed by atoms with van der Waals surface area (Å²) >= 11 is 0. The molecular weight excluding hydrogens is 325 g/mol. The molecule has 0 spiro atoms. The zero-order chi connectivity index (χ0) is 18.2. The lowest BCUT2D eigenvalue weighted by Crippen LogP contribution is -2.27. The van der Waals surface area contributed by atoms with Gasteiger partial charge in [-0.2, -0.15) is 0 Å². The monoisotopic (exact) mass is 347 g/mol. The Morgan fingerprint density at radius 3 is 2.44 bits per heavy atom. The van der Waals surface area contributed by atoms with Crippen molar-refractivity contribution in [2.45, 2.75) is 26.7 Å². The van der Waals surface area contributed by atoms with Crippen molar-refractivity contribution >= 4 is 11.8 Å². The summed E-state index contributed by atoms with van der Waals surface area (Å²) < 4.78 is 13.8. The van der Waals surface area contributed by atoms with Gasteiger partial charge in [0, 0.05) is 18.7 Å². The van der Waals surface area contributed by atoms with Gasteiger partial charge in [-0.05, 0) is 37.6 Å². The molecule has 0 unspecified atom stereocenters. The first-order valence-corrected chi connectivity index (χ1v) is 8.29. The Bertz CT molecular complexity index is 727. The van der Waals surface area contributed by atoms with E-state index in [1.165, 1.54) is 0 Å². The molecule has 0 fully saturated rings. The van der Waals surface area contributed by atoms with Crippen LogP contribution < -0.4 is 10.6 Å². The van der Waals surface area contributed by atoms with Crippen molar-refractivity contribution in [3.63, 3.8) is 0 Å². The molecule has 1 aromatic carbocycles. The van der Waals surface area contributed by atoms with Crippen LogP contribution in [0.3, 0.4) is 0 Å². The third-order valence-corrected chi connectivity index (χ3v) is 3.56. The van der Waals surface area contributed by atoms with Crippen molar-refractivity contribution in [1.82, 2.24) is 25.6 Å². The van der Waals surface area contributed by atoms with E-state index in [4.69, 9.17) is 0 Å². The predicted molar refractivity (Wildman–Crippen MR) is 91.7 cm³/mol. The van der Waals surface area contributed by atoms with Gasteiger partial charge in [0.05, 0.1) is 11.4 Å². The van der Waals surface area contributed by atoms with E-state index in [1.54, 1.807) is 28.9 Å². The van der Waals surface area contributed by atoms with Crippen LogP contribution in [0.5, 0.6) is 0 Å². The number of nitrogens with zero attached hydrogens (tertiary/aromatic N) is 3. The average Bonchev–Trinajstić information content (AvgIpc) is 3.04. The van der Waals surface area contributed by atoms with Gasteiger partial charge in [-0.3, -0.25) is 9.59 Å². The molecule has 25 heavy (non-hydrogen) atoms. The molecule has 0 aliphatic carbocycles. The molecule has 7 nitrogen and oxygen atoms in total. The summed E-state index contributed by atoms with van der Waals surface area (Å²) in [7, 11) is 0. The molecule has 0 saturated heterocycles. The van der Waals surface area contributed by atoms with Crippen LogP contribution in [0.25, 0.3) is 5.69 Å². The Morgan fingerprint density at radius 1 is 1.12 bits per heavy atom. The molecule has 0 saturated carbocycles. The molecule has 0 atom stereocenters. The van der Waals surface area contributed by atoms with Crippen molar-refractivity contribution < 1.29 is 14.0 Å². The van der Waals surface area contributed by atoms with E-state index in [1.807, 2.05) is 13.8 Å². The van der Waals surface area contributed by atoms with Gasteiger partial charge in [0.2, 0.25) is 0 Å². The van der Waals surface area contributed by atoms with Gasteiger partial charge in [0.15, 0.2) is 5.69 Å². The Labute approximate surface area is 145 Å². The fourth-order valence-electron chi connectivity index (χ4n) is 2.41. The van der Waals surface area contributed by atoms with Gasteiger partial charge < -0.3 is 10.6 Å². The highest BCUT2D eigenvalue weighted by atomic mass is 19.1. The van der Waals surface area contributed by atoms with Crippen LogP contribution in [0.1, 0.15) is 46.8 Å². The number of aromatic nitrogens is 3. The smallest absolute Gasteiger partial charge is 0.273 e. The van der Waals surface area contributed by atoms with E-state index >= 15 is 0 Å². The Morgan fingerprint density at radius 2 is 1.84 bits per heavy atom. The second-order valence-corrected chi connectivity index (χ2v) is 5.40. The highest BCUT2D eigenvalue weighted by Gasteiger charge is 2.19. The number of rotatable bonds is 8. The molecule has 134 valence electrons. The van der Waals surface area contributed by atoms with E-state index in [0.717, 1.165) is 6.42 Å². The minimum absolute atomic E-state index is 0.0570. The molecule has 2 aromatic rings. The van der Waals surface area contributed by atoms with Gasteiger partial charge in [0.25, 0.3) is 11.8 Å².